The van der Waals surface area contributed by atoms with Crippen molar-refractivity contribution in [2.75, 3.05) is 6.54 Å². The van der Waals surface area contributed by atoms with E-state index >= 15 is 0 Å². The number of halogens is 3. The smallest absolute Gasteiger partial charge is 0.389 e. The van der Waals surface area contributed by atoms with E-state index in [2.05, 4.69) is 15.5 Å². The summed E-state index contributed by atoms with van der Waals surface area (Å²) < 4.78 is 41.0. The highest BCUT2D eigenvalue weighted by atomic mass is 19.4. The van der Waals surface area contributed by atoms with Crippen molar-refractivity contribution < 1.29 is 17.6 Å². The molecule has 1 fully saturated rings. The quantitative estimate of drug-likeness (QED) is 0.836. The summed E-state index contributed by atoms with van der Waals surface area (Å²) in [4.78, 5) is 0. The average molecular weight is 249 g/mol. The molecule has 1 aliphatic rings. The molecule has 1 aromatic heterocycles. The molecule has 0 saturated heterocycles. The molecule has 17 heavy (non-hydrogen) atoms. The van der Waals surface area contributed by atoms with E-state index in [9.17, 15) is 13.2 Å². The fourth-order valence-corrected chi connectivity index (χ4v) is 1.41. The monoisotopic (exact) mass is 249 g/mol. The lowest BCUT2D eigenvalue weighted by Crippen LogP contribution is -2.19. The summed E-state index contributed by atoms with van der Waals surface area (Å²) in [5, 5.41) is 10.6. The van der Waals surface area contributed by atoms with Crippen molar-refractivity contribution >= 4 is 0 Å². The lowest BCUT2D eigenvalue weighted by molar-refractivity contribution is -0.134. The summed E-state index contributed by atoms with van der Waals surface area (Å²) in [6.07, 6.45) is -2.39. The number of hydrogen-bond acceptors (Lipinski definition) is 4. The molecule has 7 heteroatoms. The van der Waals surface area contributed by atoms with E-state index in [0.717, 1.165) is 6.54 Å². The molecule has 1 N–H and O–H groups in total. The highest BCUT2D eigenvalue weighted by molar-refractivity contribution is 4.86. The van der Waals surface area contributed by atoms with Crippen molar-refractivity contribution in [3.63, 3.8) is 0 Å². The molecular formula is C10H14F3N3O. The molecule has 1 aliphatic carbocycles. The Kier molecular flexibility index (Phi) is 3.66. The zero-order valence-corrected chi connectivity index (χ0v) is 9.26. The van der Waals surface area contributed by atoms with Crippen LogP contribution < -0.4 is 5.32 Å². The van der Waals surface area contributed by atoms with E-state index in [1.165, 1.54) is 12.8 Å². The van der Waals surface area contributed by atoms with Gasteiger partial charge in [0.05, 0.1) is 6.42 Å². The van der Waals surface area contributed by atoms with Gasteiger partial charge in [-0.3, -0.25) is 0 Å². The maximum atomic E-state index is 11.9. The number of hydrogen-bond donors (Lipinski definition) is 1. The van der Waals surface area contributed by atoms with Gasteiger partial charge in [0.2, 0.25) is 11.8 Å². The third kappa shape index (κ3) is 4.72. The maximum Gasteiger partial charge on any atom is 0.389 e. The summed E-state index contributed by atoms with van der Waals surface area (Å²) in [7, 11) is 0. The van der Waals surface area contributed by atoms with Crippen LogP contribution in [0, 0.1) is 0 Å². The van der Waals surface area contributed by atoms with Gasteiger partial charge < -0.3 is 9.73 Å². The second-order valence-electron chi connectivity index (χ2n) is 4.18. The largest absolute Gasteiger partial charge is 0.425 e. The first kappa shape index (κ1) is 12.3. The van der Waals surface area contributed by atoms with Gasteiger partial charge in [0.1, 0.15) is 0 Å². The van der Waals surface area contributed by atoms with Crippen LogP contribution in [0.15, 0.2) is 4.42 Å². The predicted octanol–water partition coefficient (Wildman–Crippen LogP) is 1.86. The molecule has 0 aliphatic heterocycles. The molecule has 0 atom stereocenters. The van der Waals surface area contributed by atoms with Gasteiger partial charge in [0, 0.05) is 25.4 Å². The minimum Gasteiger partial charge on any atom is -0.425 e. The second-order valence-corrected chi connectivity index (χ2v) is 4.18. The fourth-order valence-electron chi connectivity index (χ4n) is 1.41. The van der Waals surface area contributed by atoms with Crippen LogP contribution in [-0.2, 0) is 12.8 Å². The molecule has 0 bridgehead atoms. The van der Waals surface area contributed by atoms with Gasteiger partial charge in [-0.1, -0.05) is 0 Å². The Morgan fingerprint density at radius 1 is 1.18 bits per heavy atom. The Hall–Kier alpha value is -1.11. The highest BCUT2D eigenvalue weighted by Crippen LogP contribution is 2.21. The third-order valence-electron chi connectivity index (χ3n) is 2.48. The summed E-state index contributed by atoms with van der Waals surface area (Å²) in [5.74, 6) is 0.457. The van der Waals surface area contributed by atoms with Gasteiger partial charge in [0.15, 0.2) is 0 Å². The van der Waals surface area contributed by atoms with E-state index < -0.39 is 12.6 Å². The normalized spacial score (nSPS) is 16.4. The summed E-state index contributed by atoms with van der Waals surface area (Å²) in [5.41, 5.74) is 0. The fraction of sp³-hybridized carbons (Fsp3) is 0.800. The first-order chi connectivity index (χ1) is 8.03. The molecule has 0 amide bonds. The minimum atomic E-state index is -4.18. The molecule has 96 valence electrons. The highest BCUT2D eigenvalue weighted by Gasteiger charge is 2.27. The number of nitrogens with one attached hydrogen (secondary N) is 1. The lowest BCUT2D eigenvalue weighted by Gasteiger charge is -2.02. The second kappa shape index (κ2) is 5.03. The van der Waals surface area contributed by atoms with Crippen LogP contribution in [-0.4, -0.2) is 29.0 Å². The number of rotatable bonds is 6. The zero-order chi connectivity index (χ0) is 12.3. The standard InChI is InChI=1S/C10H14F3N3O/c11-10(12,13)5-3-8-15-16-9(17-8)4-6-14-7-1-2-7/h7,14H,1-6H2. The van der Waals surface area contributed by atoms with Crippen LogP contribution in [0.25, 0.3) is 0 Å². The minimum absolute atomic E-state index is 0.0590. The van der Waals surface area contributed by atoms with Crippen molar-refractivity contribution in [1.82, 2.24) is 15.5 Å². The van der Waals surface area contributed by atoms with Crippen molar-refractivity contribution in [1.29, 1.82) is 0 Å². The Labute approximate surface area is 96.6 Å². The molecule has 0 radical (unpaired) electrons. The van der Waals surface area contributed by atoms with E-state index in [1.807, 2.05) is 0 Å². The van der Waals surface area contributed by atoms with Crippen molar-refractivity contribution in [3.8, 4) is 0 Å². The van der Waals surface area contributed by atoms with Crippen LogP contribution in [0.1, 0.15) is 31.0 Å². The summed E-state index contributed by atoms with van der Waals surface area (Å²) >= 11 is 0. The van der Waals surface area contributed by atoms with Gasteiger partial charge in [-0.05, 0) is 12.8 Å². The van der Waals surface area contributed by atoms with Crippen LogP contribution in [0.4, 0.5) is 13.2 Å². The van der Waals surface area contributed by atoms with Crippen molar-refractivity contribution in [3.05, 3.63) is 11.8 Å². The summed E-state index contributed by atoms with van der Waals surface area (Å²) in [6, 6.07) is 0.600. The van der Waals surface area contributed by atoms with Gasteiger partial charge in [-0.15, -0.1) is 10.2 Å². The van der Waals surface area contributed by atoms with Crippen LogP contribution in [0.2, 0.25) is 0 Å². The van der Waals surface area contributed by atoms with Crippen LogP contribution in [0.5, 0.6) is 0 Å². The van der Waals surface area contributed by atoms with Crippen LogP contribution >= 0.6 is 0 Å². The number of alkyl halides is 3. The molecule has 0 unspecified atom stereocenters. The zero-order valence-electron chi connectivity index (χ0n) is 9.26. The van der Waals surface area contributed by atoms with Crippen molar-refractivity contribution in [2.24, 2.45) is 0 Å². The van der Waals surface area contributed by atoms with Gasteiger partial charge in [0.25, 0.3) is 0 Å². The Morgan fingerprint density at radius 2 is 1.82 bits per heavy atom. The Bertz CT molecular complexity index is 360. The maximum absolute atomic E-state index is 11.9. The molecule has 0 spiro atoms. The van der Waals surface area contributed by atoms with Crippen LogP contribution in [0.3, 0.4) is 0 Å². The lowest BCUT2D eigenvalue weighted by atomic mass is 10.3. The van der Waals surface area contributed by atoms with Gasteiger partial charge in [-0.25, -0.2) is 0 Å². The molecule has 1 saturated carbocycles. The van der Waals surface area contributed by atoms with E-state index in [1.54, 1.807) is 0 Å². The molecule has 4 nitrogen and oxygen atoms in total. The predicted molar refractivity (Wildman–Crippen MR) is 53.4 cm³/mol. The topological polar surface area (TPSA) is 51.0 Å². The van der Waals surface area contributed by atoms with Crippen molar-refractivity contribution in [2.45, 2.75) is 44.3 Å². The molecule has 2 rings (SSSR count). The molecule has 0 aromatic carbocycles. The Morgan fingerprint density at radius 3 is 2.41 bits per heavy atom. The summed E-state index contributed by atoms with van der Waals surface area (Å²) in [6.45, 7) is 0.728. The van der Waals surface area contributed by atoms with E-state index in [-0.39, 0.29) is 12.3 Å². The average Bonchev–Trinajstić information content (AvgIpc) is 2.93. The van der Waals surface area contributed by atoms with Gasteiger partial charge in [-0.2, -0.15) is 13.2 Å². The Balaban J connectivity index is 1.70. The van der Waals surface area contributed by atoms with E-state index in [0.29, 0.717) is 18.4 Å². The molecule has 1 heterocycles. The third-order valence-corrected chi connectivity index (χ3v) is 2.48. The number of aromatic nitrogens is 2. The van der Waals surface area contributed by atoms with E-state index in [4.69, 9.17) is 4.42 Å². The number of nitrogens with zero attached hydrogens (tertiary/aromatic N) is 2. The van der Waals surface area contributed by atoms with Gasteiger partial charge >= 0.3 is 6.18 Å². The molecular weight excluding hydrogens is 235 g/mol. The number of aryl methyl sites for hydroxylation is 1. The molecule has 1 aromatic rings. The first-order valence-electron chi connectivity index (χ1n) is 5.64. The first-order valence-corrected chi connectivity index (χ1v) is 5.64. The SMILES string of the molecule is FC(F)(F)CCc1nnc(CCNC2CC2)o1.